The summed E-state index contributed by atoms with van der Waals surface area (Å²) in [5.74, 6) is -0.183. The monoisotopic (exact) mass is 533 g/mol. The third-order valence-corrected chi connectivity index (χ3v) is 11.5. The maximum absolute atomic E-state index is 12.2. The second-order valence-corrected chi connectivity index (χ2v) is 14.2. The second kappa shape index (κ2) is 8.63. The van der Waals surface area contributed by atoms with Gasteiger partial charge in [-0.3, -0.25) is 28.0 Å². The molecule has 5 atom stereocenters. The van der Waals surface area contributed by atoms with Gasteiger partial charge in [0.05, 0.1) is 19.0 Å². The van der Waals surface area contributed by atoms with Gasteiger partial charge in [0, 0.05) is 6.42 Å². The van der Waals surface area contributed by atoms with E-state index in [9.17, 15) is 43.2 Å². The number of phosphoric ester groups is 1. The van der Waals surface area contributed by atoms with Crippen molar-refractivity contribution in [1.82, 2.24) is 19.5 Å². The Balaban J connectivity index is 1.70. The van der Waals surface area contributed by atoms with Crippen LogP contribution in [0.25, 0.3) is 11.2 Å². The van der Waals surface area contributed by atoms with Crippen LogP contribution in [-0.4, -0.2) is 67.9 Å². The quantitative estimate of drug-likeness (QED) is 0.212. The van der Waals surface area contributed by atoms with Crippen molar-refractivity contribution < 1.29 is 51.9 Å². The van der Waals surface area contributed by atoms with Gasteiger partial charge in [-0.2, -0.15) is 4.98 Å². The van der Waals surface area contributed by atoms with Crippen molar-refractivity contribution >= 4 is 40.1 Å². The number of fused-ring (bicyclic) bond motifs is 1. The Morgan fingerprint density at radius 1 is 1.30 bits per heavy atom. The molecular weight excluding hydrogens is 511 g/mol. The van der Waals surface area contributed by atoms with E-state index in [1.807, 2.05) is 0 Å². The van der Waals surface area contributed by atoms with Crippen molar-refractivity contribution in [3.63, 3.8) is 0 Å². The summed E-state index contributed by atoms with van der Waals surface area (Å²) >= 11 is 0. The maximum Gasteiger partial charge on any atom is 0.479 e. The van der Waals surface area contributed by atoms with Gasteiger partial charge < -0.3 is 35.2 Å². The van der Waals surface area contributed by atoms with E-state index in [1.54, 1.807) is 0 Å². The third-order valence-electron chi connectivity index (χ3n) is 4.99. The molecule has 0 spiro atoms. The highest BCUT2D eigenvalue weighted by molar-refractivity contribution is 7.76. The molecule has 2 aromatic rings. The number of aromatic nitrogens is 4. The molecule has 33 heavy (non-hydrogen) atoms. The number of aromatic amines is 1. The van der Waals surface area contributed by atoms with Crippen molar-refractivity contribution in [2.24, 2.45) is 0 Å². The zero-order chi connectivity index (χ0) is 25.0. The number of ether oxygens (including phenoxy) is 1. The Hall–Kier alpha value is -1.48. The van der Waals surface area contributed by atoms with Crippen LogP contribution < -0.4 is 11.3 Å². The SMILES string of the molecule is CC(C)(P(=O)(O)O)P(=O)(O)OP(=O)(O)OC[C@H]1O[C@@H](n2cnc3c(=O)[nH]c(N)nc32)C[C@@H]1O. The fourth-order valence-corrected chi connectivity index (χ4v) is 6.87. The molecule has 1 fully saturated rings. The van der Waals surface area contributed by atoms with Gasteiger partial charge in [-0.15, -0.1) is 0 Å². The molecule has 1 aliphatic heterocycles. The minimum atomic E-state index is -5.37. The highest BCUT2D eigenvalue weighted by atomic mass is 31.3. The Bertz CT molecular complexity index is 1250. The average molecular weight is 533 g/mol. The standard InChI is InChI=1S/C13H22N5O12P3/c1-13(2,31(21,22)23)32(24,25)30-33(26,27)28-4-7-6(19)3-8(29-7)18-5-15-9-10(18)16-12(14)17-11(9)20/h5-8,19H,3-4H2,1-2H3,(H,24,25)(H,26,27)(H2,21,22,23)(H3,14,16,17,20)/t6-,7+,8+/m0/s1. The van der Waals surface area contributed by atoms with Crippen LogP contribution in [0.2, 0.25) is 0 Å². The summed E-state index contributed by atoms with van der Waals surface area (Å²) in [6, 6.07) is 0. The number of hydrogen-bond donors (Lipinski definition) is 7. The smallest absolute Gasteiger partial charge is 0.390 e. The predicted octanol–water partition coefficient (Wildman–Crippen LogP) is -0.417. The van der Waals surface area contributed by atoms with Gasteiger partial charge in [0.25, 0.3) is 5.56 Å². The summed E-state index contributed by atoms with van der Waals surface area (Å²) in [4.78, 5) is 57.4. The Kier molecular flexibility index (Phi) is 6.83. The van der Waals surface area contributed by atoms with Crippen LogP contribution in [0, 0.1) is 0 Å². The molecule has 3 rings (SSSR count). The van der Waals surface area contributed by atoms with E-state index in [0.717, 1.165) is 0 Å². The number of nitrogen functional groups attached to an aromatic ring is 1. The topological polar surface area (TPSA) is 270 Å². The molecule has 17 nitrogen and oxygen atoms in total. The molecule has 0 saturated carbocycles. The van der Waals surface area contributed by atoms with Crippen LogP contribution in [0.15, 0.2) is 11.1 Å². The third kappa shape index (κ3) is 5.14. The number of H-pyrrole nitrogens is 1. The molecule has 1 aliphatic rings. The molecule has 0 radical (unpaired) electrons. The van der Waals surface area contributed by atoms with Crippen LogP contribution in [-0.2, 0) is 27.3 Å². The largest absolute Gasteiger partial charge is 0.479 e. The highest BCUT2D eigenvalue weighted by Gasteiger charge is 2.57. The first-order valence-electron chi connectivity index (χ1n) is 9.08. The predicted molar refractivity (Wildman–Crippen MR) is 110 cm³/mol. The van der Waals surface area contributed by atoms with Crippen molar-refractivity contribution in [3.8, 4) is 0 Å². The van der Waals surface area contributed by atoms with Gasteiger partial charge in [-0.25, -0.2) is 13.9 Å². The number of aliphatic hydroxyl groups excluding tert-OH is 1. The number of phosphoric acid groups is 1. The van der Waals surface area contributed by atoms with E-state index >= 15 is 0 Å². The van der Waals surface area contributed by atoms with E-state index in [1.165, 1.54) is 10.9 Å². The second-order valence-electron chi connectivity index (χ2n) is 7.61. The summed E-state index contributed by atoms with van der Waals surface area (Å²) < 4.78 is 51.5. The van der Waals surface area contributed by atoms with Gasteiger partial charge in [-0.1, -0.05) is 0 Å². The van der Waals surface area contributed by atoms with Gasteiger partial charge in [0.2, 0.25) is 5.95 Å². The lowest BCUT2D eigenvalue weighted by Crippen LogP contribution is -2.26. The normalized spacial score (nSPS) is 25.7. The zero-order valence-corrected chi connectivity index (χ0v) is 19.8. The minimum absolute atomic E-state index is 0.0402. The molecule has 2 unspecified atom stereocenters. The van der Waals surface area contributed by atoms with Crippen molar-refractivity contribution in [3.05, 3.63) is 16.7 Å². The molecule has 20 heteroatoms. The number of rotatable bonds is 8. The number of aliphatic hydroxyl groups is 1. The number of nitrogens with zero attached hydrogens (tertiary/aromatic N) is 3. The molecule has 8 N–H and O–H groups in total. The number of hydrogen-bond acceptors (Lipinski definition) is 11. The van der Waals surface area contributed by atoms with E-state index in [-0.39, 0.29) is 23.5 Å². The molecule has 3 heterocycles. The van der Waals surface area contributed by atoms with Crippen molar-refractivity contribution in [2.45, 2.75) is 43.6 Å². The summed E-state index contributed by atoms with van der Waals surface area (Å²) in [7, 11) is -15.9. The van der Waals surface area contributed by atoms with Gasteiger partial charge in [-0.05, 0) is 13.8 Å². The first kappa shape index (κ1) is 26.1. The molecular formula is C13H22N5O12P3. The van der Waals surface area contributed by atoms with Crippen LogP contribution in [0.4, 0.5) is 5.95 Å². The van der Waals surface area contributed by atoms with Crippen LogP contribution >= 0.6 is 23.0 Å². The summed E-state index contributed by atoms with van der Waals surface area (Å²) in [6.45, 7) is 0.569. The molecule has 0 aromatic carbocycles. The van der Waals surface area contributed by atoms with E-state index < -0.39 is 58.5 Å². The molecule has 2 aromatic heterocycles. The van der Waals surface area contributed by atoms with E-state index in [4.69, 9.17) is 10.5 Å². The van der Waals surface area contributed by atoms with Gasteiger partial charge >= 0.3 is 23.0 Å². The van der Waals surface area contributed by atoms with E-state index in [2.05, 4.69) is 23.8 Å². The molecule has 0 bridgehead atoms. The average Bonchev–Trinajstić information content (AvgIpc) is 3.21. The summed E-state index contributed by atoms with van der Waals surface area (Å²) in [5.41, 5.74) is 4.95. The molecule has 1 saturated heterocycles. The fraction of sp³-hybridized carbons (Fsp3) is 0.615. The lowest BCUT2D eigenvalue weighted by molar-refractivity contribution is -0.0421. The van der Waals surface area contributed by atoms with Crippen LogP contribution in [0.3, 0.4) is 0 Å². The lowest BCUT2D eigenvalue weighted by Gasteiger charge is -2.30. The first-order valence-corrected chi connectivity index (χ1v) is 13.8. The van der Waals surface area contributed by atoms with Crippen molar-refractivity contribution in [1.29, 1.82) is 0 Å². The van der Waals surface area contributed by atoms with Gasteiger partial charge in [0.15, 0.2) is 16.1 Å². The molecule has 186 valence electrons. The number of nitrogens with two attached hydrogens (primary N) is 1. The Morgan fingerprint density at radius 2 is 1.94 bits per heavy atom. The van der Waals surface area contributed by atoms with Crippen molar-refractivity contribution in [2.75, 3.05) is 12.3 Å². The Morgan fingerprint density at radius 3 is 2.55 bits per heavy atom. The fourth-order valence-electron chi connectivity index (χ4n) is 2.79. The van der Waals surface area contributed by atoms with Crippen LogP contribution in [0.5, 0.6) is 0 Å². The number of anilines is 1. The molecule has 0 amide bonds. The lowest BCUT2D eigenvalue weighted by atomic mass is 10.2. The van der Waals surface area contributed by atoms with Gasteiger partial charge in [0.1, 0.15) is 12.3 Å². The van der Waals surface area contributed by atoms with Crippen LogP contribution in [0.1, 0.15) is 26.5 Å². The number of imidazole rings is 1. The summed E-state index contributed by atoms with van der Waals surface area (Å²) in [5, 5.41) is 10.2. The maximum atomic E-state index is 12.2. The first-order chi connectivity index (χ1) is 15.0. The highest BCUT2D eigenvalue weighted by Crippen LogP contribution is 2.75. The summed E-state index contributed by atoms with van der Waals surface area (Å²) in [6.07, 6.45) is -2.26. The Labute approximate surface area is 184 Å². The molecule has 0 aliphatic carbocycles. The number of nitrogens with one attached hydrogen (secondary N) is 1. The minimum Gasteiger partial charge on any atom is -0.390 e. The van der Waals surface area contributed by atoms with E-state index in [0.29, 0.717) is 13.8 Å². The zero-order valence-electron chi connectivity index (χ0n) is 17.1.